The lowest BCUT2D eigenvalue weighted by molar-refractivity contribution is 0.0672. The molecule has 27 heavy (non-hydrogen) atoms. The SMILES string of the molecule is CCNC(=NCC(C)(O)c1ccccc1)NCC(c1ccco1)N(C)C.I. The first kappa shape index (κ1) is 23.5. The lowest BCUT2D eigenvalue weighted by Gasteiger charge is -2.25. The van der Waals surface area contributed by atoms with Gasteiger partial charge < -0.3 is 20.2 Å². The van der Waals surface area contributed by atoms with Gasteiger partial charge in [0.05, 0.1) is 18.8 Å². The minimum absolute atomic E-state index is 0. The molecule has 6 nitrogen and oxygen atoms in total. The van der Waals surface area contributed by atoms with E-state index in [1.165, 1.54) is 0 Å². The van der Waals surface area contributed by atoms with Crippen molar-refractivity contribution in [2.75, 3.05) is 33.7 Å². The smallest absolute Gasteiger partial charge is 0.191 e. The number of guanidine groups is 1. The summed E-state index contributed by atoms with van der Waals surface area (Å²) in [6.45, 7) is 5.44. The van der Waals surface area contributed by atoms with Crippen molar-refractivity contribution >= 4 is 29.9 Å². The van der Waals surface area contributed by atoms with Gasteiger partial charge in [-0.1, -0.05) is 30.3 Å². The predicted molar refractivity (Wildman–Crippen MR) is 121 cm³/mol. The Labute approximate surface area is 179 Å². The van der Waals surface area contributed by atoms with E-state index in [0.29, 0.717) is 12.5 Å². The Bertz CT molecular complexity index is 673. The van der Waals surface area contributed by atoms with Gasteiger partial charge in [0.25, 0.3) is 0 Å². The van der Waals surface area contributed by atoms with E-state index in [1.54, 1.807) is 13.2 Å². The van der Waals surface area contributed by atoms with Crippen LogP contribution in [0.4, 0.5) is 0 Å². The molecule has 2 aromatic rings. The highest BCUT2D eigenvalue weighted by Gasteiger charge is 2.23. The summed E-state index contributed by atoms with van der Waals surface area (Å²) in [7, 11) is 4.03. The molecule has 0 saturated carbocycles. The van der Waals surface area contributed by atoms with Gasteiger partial charge in [0.15, 0.2) is 5.96 Å². The van der Waals surface area contributed by atoms with Gasteiger partial charge in [-0.25, -0.2) is 4.99 Å². The number of aliphatic hydroxyl groups is 1. The zero-order valence-electron chi connectivity index (χ0n) is 16.5. The van der Waals surface area contributed by atoms with E-state index < -0.39 is 5.60 Å². The van der Waals surface area contributed by atoms with Crippen LogP contribution in [0.25, 0.3) is 0 Å². The lowest BCUT2D eigenvalue weighted by Crippen LogP contribution is -2.42. The van der Waals surface area contributed by atoms with E-state index in [1.807, 2.05) is 63.5 Å². The molecular weight excluding hydrogens is 455 g/mol. The molecule has 0 fully saturated rings. The maximum Gasteiger partial charge on any atom is 0.191 e. The van der Waals surface area contributed by atoms with Gasteiger partial charge in [0.1, 0.15) is 11.4 Å². The molecule has 0 bridgehead atoms. The third-order valence-electron chi connectivity index (χ3n) is 4.24. The molecule has 0 spiro atoms. The Balaban J connectivity index is 0.00000364. The van der Waals surface area contributed by atoms with Crippen molar-refractivity contribution in [3.05, 3.63) is 60.1 Å². The number of benzene rings is 1. The summed E-state index contributed by atoms with van der Waals surface area (Å²) >= 11 is 0. The third kappa shape index (κ3) is 7.15. The Kier molecular flexibility index (Phi) is 9.82. The fraction of sp³-hybridized carbons (Fsp3) is 0.450. The molecule has 7 heteroatoms. The molecule has 2 rings (SSSR count). The van der Waals surface area contributed by atoms with Crippen LogP contribution in [0.5, 0.6) is 0 Å². The van der Waals surface area contributed by atoms with Crippen LogP contribution in [-0.4, -0.2) is 49.7 Å². The molecule has 1 aromatic heterocycles. The fourth-order valence-electron chi connectivity index (χ4n) is 2.68. The third-order valence-corrected chi connectivity index (χ3v) is 4.24. The maximum absolute atomic E-state index is 10.7. The number of aliphatic imine (C=N–C) groups is 1. The zero-order valence-corrected chi connectivity index (χ0v) is 18.8. The molecule has 2 unspecified atom stereocenters. The number of furan rings is 1. The van der Waals surface area contributed by atoms with Crippen molar-refractivity contribution in [1.29, 1.82) is 0 Å². The van der Waals surface area contributed by atoms with Gasteiger partial charge in [0.2, 0.25) is 0 Å². The Morgan fingerprint density at radius 3 is 2.44 bits per heavy atom. The Hall–Kier alpha value is -1.58. The summed E-state index contributed by atoms with van der Waals surface area (Å²) in [4.78, 5) is 6.66. The molecule has 0 aliphatic carbocycles. The second kappa shape index (κ2) is 11.3. The number of rotatable bonds is 8. The number of nitrogens with zero attached hydrogens (tertiary/aromatic N) is 2. The number of nitrogens with one attached hydrogen (secondary N) is 2. The molecule has 1 aromatic carbocycles. The van der Waals surface area contributed by atoms with Crippen LogP contribution in [0.15, 0.2) is 58.1 Å². The van der Waals surface area contributed by atoms with Crippen LogP contribution in [0.1, 0.15) is 31.2 Å². The Morgan fingerprint density at radius 2 is 1.89 bits per heavy atom. The highest BCUT2D eigenvalue weighted by Crippen LogP contribution is 2.20. The van der Waals surface area contributed by atoms with Crippen LogP contribution < -0.4 is 10.6 Å². The summed E-state index contributed by atoms with van der Waals surface area (Å²) in [6.07, 6.45) is 1.68. The van der Waals surface area contributed by atoms with Gasteiger partial charge in [-0.05, 0) is 45.6 Å². The van der Waals surface area contributed by atoms with Crippen molar-refractivity contribution < 1.29 is 9.52 Å². The Morgan fingerprint density at radius 1 is 1.19 bits per heavy atom. The fourth-order valence-corrected chi connectivity index (χ4v) is 2.68. The van der Waals surface area contributed by atoms with Gasteiger partial charge in [-0.15, -0.1) is 24.0 Å². The molecule has 150 valence electrons. The number of hydrogen-bond acceptors (Lipinski definition) is 4. The van der Waals surface area contributed by atoms with Gasteiger partial charge in [0, 0.05) is 13.1 Å². The van der Waals surface area contributed by atoms with E-state index in [0.717, 1.165) is 17.9 Å². The summed E-state index contributed by atoms with van der Waals surface area (Å²) in [6, 6.07) is 13.5. The van der Waals surface area contributed by atoms with Crippen molar-refractivity contribution in [3.8, 4) is 0 Å². The maximum atomic E-state index is 10.7. The van der Waals surface area contributed by atoms with Crippen molar-refractivity contribution in [1.82, 2.24) is 15.5 Å². The molecule has 2 atom stereocenters. The molecule has 1 heterocycles. The summed E-state index contributed by atoms with van der Waals surface area (Å²) in [5.74, 6) is 1.57. The number of hydrogen-bond donors (Lipinski definition) is 3. The molecule has 0 aliphatic heterocycles. The van der Waals surface area contributed by atoms with E-state index in [-0.39, 0.29) is 36.6 Å². The zero-order chi connectivity index (χ0) is 19.0. The van der Waals surface area contributed by atoms with Crippen LogP contribution in [0, 0.1) is 0 Å². The number of likely N-dealkylation sites (N-methyl/N-ethyl adjacent to an activating group) is 1. The van der Waals surface area contributed by atoms with E-state index in [9.17, 15) is 5.11 Å². The second-order valence-electron chi connectivity index (χ2n) is 6.71. The first-order valence-corrected chi connectivity index (χ1v) is 8.94. The molecule has 3 N–H and O–H groups in total. The van der Waals surface area contributed by atoms with Crippen LogP contribution in [-0.2, 0) is 5.60 Å². The molecular formula is C20H31IN4O2. The summed E-state index contributed by atoms with van der Waals surface area (Å²) in [5.41, 5.74) is -0.174. The molecule has 0 aliphatic rings. The van der Waals surface area contributed by atoms with E-state index in [4.69, 9.17) is 4.42 Å². The summed E-state index contributed by atoms with van der Waals surface area (Å²) in [5, 5.41) is 17.3. The first-order valence-electron chi connectivity index (χ1n) is 8.94. The second-order valence-corrected chi connectivity index (χ2v) is 6.71. The average Bonchev–Trinajstić information content (AvgIpc) is 3.14. The molecule has 0 saturated heterocycles. The topological polar surface area (TPSA) is 73.0 Å². The van der Waals surface area contributed by atoms with Crippen molar-refractivity contribution in [2.24, 2.45) is 4.99 Å². The minimum Gasteiger partial charge on any atom is -0.468 e. The highest BCUT2D eigenvalue weighted by molar-refractivity contribution is 14.0. The minimum atomic E-state index is -1.02. The standard InChI is InChI=1S/C20H30N4O2.HI/c1-5-21-19(22-14-17(24(3)4)18-12-9-13-26-18)23-15-20(2,25)16-10-7-6-8-11-16;/h6-13,17,25H,5,14-15H2,1-4H3,(H2,21,22,23);1H. The molecule has 0 amide bonds. The van der Waals surface area contributed by atoms with Gasteiger partial charge >= 0.3 is 0 Å². The highest BCUT2D eigenvalue weighted by atomic mass is 127. The summed E-state index contributed by atoms with van der Waals surface area (Å²) < 4.78 is 5.54. The number of halogens is 1. The van der Waals surface area contributed by atoms with Gasteiger partial charge in [-0.3, -0.25) is 4.90 Å². The monoisotopic (exact) mass is 486 g/mol. The van der Waals surface area contributed by atoms with Crippen molar-refractivity contribution in [3.63, 3.8) is 0 Å². The average molecular weight is 486 g/mol. The first-order chi connectivity index (χ1) is 12.4. The van der Waals surface area contributed by atoms with Crippen molar-refractivity contribution in [2.45, 2.75) is 25.5 Å². The van der Waals surface area contributed by atoms with E-state index >= 15 is 0 Å². The molecule has 0 radical (unpaired) electrons. The quantitative estimate of drug-likeness (QED) is 0.304. The van der Waals surface area contributed by atoms with Gasteiger partial charge in [-0.2, -0.15) is 0 Å². The largest absolute Gasteiger partial charge is 0.468 e. The lowest BCUT2D eigenvalue weighted by atomic mass is 9.96. The normalized spacial score (nSPS) is 15.0. The van der Waals surface area contributed by atoms with Crippen LogP contribution in [0.2, 0.25) is 0 Å². The predicted octanol–water partition coefficient (Wildman–Crippen LogP) is 2.96. The van der Waals surface area contributed by atoms with E-state index in [2.05, 4.69) is 20.5 Å². The van der Waals surface area contributed by atoms with Crippen LogP contribution >= 0.6 is 24.0 Å². The van der Waals surface area contributed by atoms with Crippen LogP contribution in [0.3, 0.4) is 0 Å².